The van der Waals surface area contributed by atoms with Gasteiger partial charge in [0, 0.05) is 32.2 Å². The van der Waals surface area contributed by atoms with Crippen LogP contribution in [-0.2, 0) is 4.79 Å². The summed E-state index contributed by atoms with van der Waals surface area (Å²) >= 11 is 0. The number of nitrogens with one attached hydrogen (secondary N) is 1. The summed E-state index contributed by atoms with van der Waals surface area (Å²) < 4.78 is 28.5. The van der Waals surface area contributed by atoms with Crippen molar-refractivity contribution < 1.29 is 13.6 Å². The molecule has 1 saturated heterocycles. The average molecular weight is 391 g/mol. The Bertz CT molecular complexity index is 842. The van der Waals surface area contributed by atoms with E-state index >= 15 is 0 Å². The predicted molar refractivity (Wildman–Crippen MR) is 103 cm³/mol. The monoisotopic (exact) mass is 391 g/mol. The molecule has 2 atom stereocenters. The number of hydrogen-bond donors (Lipinski definition) is 1. The van der Waals surface area contributed by atoms with Gasteiger partial charge in [-0.05, 0) is 38.8 Å². The van der Waals surface area contributed by atoms with Crippen LogP contribution in [0.5, 0.6) is 0 Å². The molecular weight excluding hydrogens is 364 g/mol. The molecule has 8 heteroatoms. The first-order valence-corrected chi connectivity index (χ1v) is 9.99. The number of alkyl halides is 2. The van der Waals surface area contributed by atoms with E-state index in [4.69, 9.17) is 0 Å². The number of benzene rings is 1. The smallest absolute Gasteiger partial charge is 0.320 e. The SMILES string of the molecule is C[C@H](c1nc2ccccc2n1C(F)F)N1CCN([C@@H](C)C(=O)NC2CC2)CC1. The molecule has 0 radical (unpaired) electrons. The molecule has 0 unspecified atom stereocenters. The Morgan fingerprint density at radius 1 is 1.11 bits per heavy atom. The Kier molecular flexibility index (Phi) is 5.33. The molecule has 2 fully saturated rings. The van der Waals surface area contributed by atoms with Crippen molar-refractivity contribution in [3.05, 3.63) is 30.1 Å². The van der Waals surface area contributed by atoms with Crippen LogP contribution in [0.1, 0.15) is 45.1 Å². The van der Waals surface area contributed by atoms with Crippen LogP contribution < -0.4 is 5.32 Å². The first-order valence-electron chi connectivity index (χ1n) is 9.99. The van der Waals surface area contributed by atoms with Gasteiger partial charge in [0.2, 0.25) is 5.91 Å². The molecule has 1 aliphatic heterocycles. The number of hydrogen-bond acceptors (Lipinski definition) is 4. The number of para-hydroxylation sites is 2. The van der Waals surface area contributed by atoms with Gasteiger partial charge in [-0.1, -0.05) is 12.1 Å². The Labute approximate surface area is 163 Å². The first kappa shape index (κ1) is 19.3. The zero-order chi connectivity index (χ0) is 19.8. The molecular formula is C20H27F2N5O. The third kappa shape index (κ3) is 3.75. The summed E-state index contributed by atoms with van der Waals surface area (Å²) in [6.45, 7) is 4.14. The van der Waals surface area contributed by atoms with E-state index in [-0.39, 0.29) is 18.0 Å². The fourth-order valence-electron chi connectivity index (χ4n) is 3.95. The second-order valence-electron chi connectivity index (χ2n) is 7.81. The number of fused-ring (bicyclic) bond motifs is 1. The van der Waals surface area contributed by atoms with E-state index in [1.54, 1.807) is 18.2 Å². The molecule has 2 aromatic rings. The number of halogens is 2. The molecule has 1 aromatic heterocycles. The van der Waals surface area contributed by atoms with Gasteiger partial charge in [0.15, 0.2) is 0 Å². The molecule has 28 heavy (non-hydrogen) atoms. The van der Waals surface area contributed by atoms with Crippen molar-refractivity contribution in [1.29, 1.82) is 0 Å². The lowest BCUT2D eigenvalue weighted by Gasteiger charge is -2.39. The highest BCUT2D eigenvalue weighted by Crippen LogP contribution is 2.30. The van der Waals surface area contributed by atoms with Crippen LogP contribution in [0.25, 0.3) is 11.0 Å². The molecule has 0 bridgehead atoms. The lowest BCUT2D eigenvalue weighted by atomic mass is 10.1. The lowest BCUT2D eigenvalue weighted by molar-refractivity contribution is -0.126. The minimum atomic E-state index is -2.63. The van der Waals surface area contributed by atoms with Gasteiger partial charge in [0.1, 0.15) is 5.82 Å². The van der Waals surface area contributed by atoms with Crippen LogP contribution >= 0.6 is 0 Å². The van der Waals surface area contributed by atoms with Crippen molar-refractivity contribution in [3.8, 4) is 0 Å². The van der Waals surface area contributed by atoms with Gasteiger partial charge in [-0.2, -0.15) is 8.78 Å². The quantitative estimate of drug-likeness (QED) is 0.823. The topological polar surface area (TPSA) is 53.4 Å². The average Bonchev–Trinajstić information content (AvgIpc) is 3.42. The van der Waals surface area contributed by atoms with Gasteiger partial charge < -0.3 is 5.32 Å². The van der Waals surface area contributed by atoms with Crippen LogP contribution in [-0.4, -0.2) is 63.5 Å². The van der Waals surface area contributed by atoms with Crippen LogP contribution in [0.4, 0.5) is 8.78 Å². The molecule has 1 aromatic carbocycles. The summed E-state index contributed by atoms with van der Waals surface area (Å²) in [5.74, 6) is 0.479. The molecule has 1 N–H and O–H groups in total. The fraction of sp³-hybridized carbons (Fsp3) is 0.600. The van der Waals surface area contributed by atoms with Crippen LogP contribution in [0.2, 0.25) is 0 Å². The Balaban J connectivity index is 1.44. The zero-order valence-corrected chi connectivity index (χ0v) is 16.3. The van der Waals surface area contributed by atoms with Crippen molar-refractivity contribution in [2.24, 2.45) is 0 Å². The maximum Gasteiger partial charge on any atom is 0.320 e. The van der Waals surface area contributed by atoms with Gasteiger partial charge >= 0.3 is 6.55 Å². The Hall–Kier alpha value is -2.06. The summed E-state index contributed by atoms with van der Waals surface area (Å²) in [7, 11) is 0. The van der Waals surface area contributed by atoms with Crippen molar-refractivity contribution in [3.63, 3.8) is 0 Å². The number of piperazine rings is 1. The molecule has 152 valence electrons. The number of imidazole rings is 1. The first-order chi connectivity index (χ1) is 13.5. The summed E-state index contributed by atoms with van der Waals surface area (Å²) in [5, 5.41) is 3.05. The van der Waals surface area contributed by atoms with Crippen LogP contribution in [0.3, 0.4) is 0 Å². The number of amides is 1. The number of carbonyl (C=O) groups excluding carboxylic acids is 1. The van der Waals surface area contributed by atoms with Gasteiger partial charge in [-0.3, -0.25) is 19.2 Å². The molecule has 2 heterocycles. The minimum absolute atomic E-state index is 0.0866. The normalized spacial score (nSPS) is 21.2. The molecule has 0 spiro atoms. The molecule has 1 saturated carbocycles. The minimum Gasteiger partial charge on any atom is -0.352 e. The lowest BCUT2D eigenvalue weighted by Crippen LogP contribution is -2.54. The van der Waals surface area contributed by atoms with Gasteiger partial charge in [0.05, 0.1) is 23.1 Å². The van der Waals surface area contributed by atoms with Crippen molar-refractivity contribution in [2.45, 2.75) is 51.4 Å². The van der Waals surface area contributed by atoms with Gasteiger partial charge in [0.25, 0.3) is 0 Å². The molecule has 1 amide bonds. The number of carbonyl (C=O) groups is 1. The Morgan fingerprint density at radius 2 is 1.75 bits per heavy atom. The van der Waals surface area contributed by atoms with Crippen molar-refractivity contribution in [2.75, 3.05) is 26.2 Å². The Morgan fingerprint density at radius 3 is 2.39 bits per heavy atom. The van der Waals surface area contributed by atoms with Gasteiger partial charge in [-0.15, -0.1) is 0 Å². The van der Waals surface area contributed by atoms with E-state index in [9.17, 15) is 13.6 Å². The zero-order valence-electron chi connectivity index (χ0n) is 16.3. The standard InChI is InChI=1S/C20H27F2N5O/c1-13(18-24-16-5-3-4-6-17(16)27(18)20(21)22)25-9-11-26(12-10-25)14(2)19(28)23-15-7-8-15/h3-6,13-15,20H,7-12H2,1-2H3,(H,23,28)/t13-,14+/m1/s1. The van der Waals surface area contributed by atoms with Crippen molar-refractivity contribution in [1.82, 2.24) is 24.7 Å². The van der Waals surface area contributed by atoms with E-state index in [0.29, 0.717) is 36.0 Å². The van der Waals surface area contributed by atoms with E-state index in [1.165, 1.54) is 0 Å². The van der Waals surface area contributed by atoms with Gasteiger partial charge in [-0.25, -0.2) is 4.98 Å². The summed E-state index contributed by atoms with van der Waals surface area (Å²) in [5.41, 5.74) is 1.05. The highest BCUT2D eigenvalue weighted by atomic mass is 19.3. The highest BCUT2D eigenvalue weighted by Gasteiger charge is 2.32. The molecule has 2 aliphatic rings. The third-order valence-electron chi connectivity index (χ3n) is 5.94. The summed E-state index contributed by atoms with van der Waals surface area (Å²) in [4.78, 5) is 21.1. The van der Waals surface area contributed by atoms with E-state index in [1.807, 2.05) is 19.9 Å². The van der Waals surface area contributed by atoms with E-state index in [0.717, 1.165) is 30.5 Å². The molecule has 4 rings (SSSR count). The second kappa shape index (κ2) is 7.75. The highest BCUT2D eigenvalue weighted by molar-refractivity contribution is 5.81. The summed E-state index contributed by atoms with van der Waals surface area (Å²) in [6, 6.07) is 6.99. The largest absolute Gasteiger partial charge is 0.352 e. The van der Waals surface area contributed by atoms with Crippen molar-refractivity contribution >= 4 is 16.9 Å². The number of rotatable bonds is 6. The maximum absolute atomic E-state index is 13.7. The molecule has 6 nitrogen and oxygen atoms in total. The maximum atomic E-state index is 13.7. The summed E-state index contributed by atoms with van der Waals surface area (Å²) in [6.07, 6.45) is 2.16. The van der Waals surface area contributed by atoms with Crippen LogP contribution in [0.15, 0.2) is 24.3 Å². The predicted octanol–water partition coefficient (Wildman–Crippen LogP) is 2.78. The third-order valence-corrected chi connectivity index (χ3v) is 5.94. The number of aromatic nitrogens is 2. The van der Waals surface area contributed by atoms with E-state index < -0.39 is 6.55 Å². The number of nitrogens with zero attached hydrogens (tertiary/aromatic N) is 4. The van der Waals surface area contributed by atoms with Crippen LogP contribution in [0, 0.1) is 0 Å². The van der Waals surface area contributed by atoms with E-state index in [2.05, 4.69) is 20.1 Å². The fourth-order valence-corrected chi connectivity index (χ4v) is 3.95. The molecule has 1 aliphatic carbocycles. The second-order valence-corrected chi connectivity index (χ2v) is 7.81.